The van der Waals surface area contributed by atoms with E-state index in [0.717, 1.165) is 47.6 Å². The number of fused-ring (bicyclic) bond motifs is 6. The Hall–Kier alpha value is -1.42. The summed E-state index contributed by atoms with van der Waals surface area (Å²) in [5.74, 6) is 6.25. The van der Waals surface area contributed by atoms with Crippen molar-refractivity contribution in [2.45, 2.75) is 77.7 Å². The molecule has 6 aliphatic rings. The van der Waals surface area contributed by atoms with Crippen LogP contribution in [-0.4, -0.2) is 29.6 Å². The third kappa shape index (κ3) is 3.27. The highest BCUT2D eigenvalue weighted by atomic mass is 16.1. The van der Waals surface area contributed by atoms with Crippen molar-refractivity contribution in [1.29, 1.82) is 0 Å². The van der Waals surface area contributed by atoms with Crippen molar-refractivity contribution in [3.8, 4) is 0 Å². The van der Waals surface area contributed by atoms with Crippen LogP contribution in [0.2, 0.25) is 0 Å². The number of Topliss-reactive ketones (excluding diaryl/α,β-unsaturated/α-hetero) is 1. The van der Waals surface area contributed by atoms with E-state index in [4.69, 9.17) is 0 Å². The molecule has 4 saturated carbocycles. The van der Waals surface area contributed by atoms with Crippen LogP contribution in [0.1, 0.15) is 71.6 Å². The van der Waals surface area contributed by atoms with Gasteiger partial charge in [0, 0.05) is 18.3 Å². The molecular weight excluding hydrogens is 382 g/mol. The number of allylic oxidation sites excluding steroid dienone is 1. The lowest BCUT2D eigenvalue weighted by atomic mass is 9.49. The zero-order valence-corrected chi connectivity index (χ0v) is 19.3. The molecule has 4 fully saturated rings. The minimum Gasteiger partial charge on any atom is -0.305 e. The molecule has 0 saturated heterocycles. The number of rotatable bonds is 3. The highest BCUT2D eigenvalue weighted by molar-refractivity contribution is 5.84. The van der Waals surface area contributed by atoms with Gasteiger partial charge in [0.15, 0.2) is 5.78 Å². The summed E-state index contributed by atoms with van der Waals surface area (Å²) in [7, 11) is 0. The fourth-order valence-corrected chi connectivity index (χ4v) is 9.05. The van der Waals surface area contributed by atoms with Gasteiger partial charge in [-0.05, 0) is 98.4 Å². The van der Waals surface area contributed by atoms with Gasteiger partial charge in [-0.15, -0.1) is 0 Å². The Bertz CT molecular complexity index is 830. The third-order valence-electron chi connectivity index (χ3n) is 10.5. The lowest BCUT2D eigenvalue weighted by Gasteiger charge is -2.56. The smallest absolute Gasteiger partial charge is 0.157 e. The topological polar surface area (TPSA) is 44.7 Å². The lowest BCUT2D eigenvalue weighted by molar-refractivity contribution is -0.131. The van der Waals surface area contributed by atoms with Gasteiger partial charge in [-0.25, -0.2) is 5.43 Å². The van der Waals surface area contributed by atoms with E-state index in [1.54, 1.807) is 0 Å². The number of ketones is 1. The van der Waals surface area contributed by atoms with Gasteiger partial charge in [-0.2, -0.15) is 0 Å². The molecule has 0 bridgehead atoms. The Kier molecular flexibility index (Phi) is 4.94. The Morgan fingerprint density at radius 3 is 2.87 bits per heavy atom. The van der Waals surface area contributed by atoms with Crippen LogP contribution in [0.15, 0.2) is 29.0 Å². The fraction of sp³-hybridized carbons (Fsp3) is 0.778. The van der Waals surface area contributed by atoms with Crippen LogP contribution in [0.5, 0.6) is 0 Å². The first kappa shape index (κ1) is 20.2. The maximum atomic E-state index is 13.5. The second-order valence-corrected chi connectivity index (χ2v) is 11.9. The molecule has 4 heteroatoms. The Labute approximate surface area is 187 Å². The number of carbonyl (C=O) groups is 1. The summed E-state index contributed by atoms with van der Waals surface area (Å²) < 4.78 is 0. The molecule has 0 aromatic heterocycles. The minimum absolute atomic E-state index is 0.133. The average Bonchev–Trinajstić information content (AvgIpc) is 3.33. The average molecular weight is 422 g/mol. The second kappa shape index (κ2) is 7.57. The summed E-state index contributed by atoms with van der Waals surface area (Å²) in [5.41, 5.74) is 4.68. The van der Waals surface area contributed by atoms with E-state index in [2.05, 4.69) is 30.3 Å². The largest absolute Gasteiger partial charge is 0.305 e. The van der Waals surface area contributed by atoms with Crippen LogP contribution < -0.4 is 5.43 Å². The molecule has 1 N–H and O–H groups in total. The van der Waals surface area contributed by atoms with Crippen LogP contribution in [0.3, 0.4) is 0 Å². The second-order valence-electron chi connectivity index (χ2n) is 11.9. The molecule has 0 aromatic carbocycles. The zero-order valence-electron chi connectivity index (χ0n) is 19.3. The summed E-state index contributed by atoms with van der Waals surface area (Å²) in [6, 6.07) is 0.133. The van der Waals surface area contributed by atoms with E-state index in [1.807, 2.05) is 23.5 Å². The van der Waals surface area contributed by atoms with Gasteiger partial charge in [0.25, 0.3) is 0 Å². The standard InChI is InChI=1S/C27H39N3O/c1-17-5-7-19-18(14-17)6-8-21-20(19)11-12-27(2)22(21)9-10-23(27)26(31)16-30-15-25-24(29-30)4-3-13-28-25/h3-4,13,15,17-24,29H,5-12,14,16H2,1-2H3. The van der Waals surface area contributed by atoms with Gasteiger partial charge in [-0.1, -0.05) is 26.3 Å². The van der Waals surface area contributed by atoms with E-state index in [-0.39, 0.29) is 17.4 Å². The molecule has 9 unspecified atom stereocenters. The van der Waals surface area contributed by atoms with Crippen LogP contribution in [-0.2, 0) is 4.79 Å². The first-order valence-corrected chi connectivity index (χ1v) is 13.0. The first-order valence-electron chi connectivity index (χ1n) is 13.0. The van der Waals surface area contributed by atoms with Gasteiger partial charge < -0.3 is 5.01 Å². The molecule has 2 heterocycles. The molecule has 2 aliphatic heterocycles. The third-order valence-corrected chi connectivity index (χ3v) is 10.5. The lowest BCUT2D eigenvalue weighted by Crippen LogP contribution is -2.50. The van der Waals surface area contributed by atoms with Gasteiger partial charge >= 0.3 is 0 Å². The summed E-state index contributed by atoms with van der Waals surface area (Å²) in [6.07, 6.45) is 20.3. The summed E-state index contributed by atoms with van der Waals surface area (Å²) in [5, 5.41) is 1.99. The molecule has 31 heavy (non-hydrogen) atoms. The maximum Gasteiger partial charge on any atom is 0.157 e. The quantitative estimate of drug-likeness (QED) is 0.687. The van der Waals surface area contributed by atoms with E-state index < -0.39 is 0 Å². The molecule has 9 atom stereocenters. The van der Waals surface area contributed by atoms with Gasteiger partial charge in [-0.3, -0.25) is 9.79 Å². The van der Waals surface area contributed by atoms with Crippen molar-refractivity contribution in [1.82, 2.24) is 10.4 Å². The predicted octanol–water partition coefficient (Wildman–Crippen LogP) is 5.13. The molecular formula is C27H39N3O. The van der Waals surface area contributed by atoms with E-state index in [0.29, 0.717) is 12.3 Å². The number of nitrogens with one attached hydrogen (secondary N) is 1. The Morgan fingerprint density at radius 2 is 2.00 bits per heavy atom. The molecule has 0 radical (unpaired) electrons. The monoisotopic (exact) mass is 421 g/mol. The highest BCUT2D eigenvalue weighted by Crippen LogP contribution is 2.64. The van der Waals surface area contributed by atoms with Crippen molar-refractivity contribution in [2.75, 3.05) is 6.54 Å². The van der Waals surface area contributed by atoms with Crippen LogP contribution in [0, 0.1) is 46.8 Å². The van der Waals surface area contributed by atoms with Crippen LogP contribution in [0.25, 0.3) is 0 Å². The normalized spacial score (nSPS) is 47.9. The molecule has 168 valence electrons. The summed E-state index contributed by atoms with van der Waals surface area (Å²) >= 11 is 0. The van der Waals surface area contributed by atoms with E-state index in [9.17, 15) is 4.79 Å². The van der Waals surface area contributed by atoms with Gasteiger partial charge in [0.1, 0.15) is 0 Å². The Balaban J connectivity index is 1.15. The SMILES string of the molecule is CC1CCC2C(CCC3C2CCC2(C)C(C(=O)CN4C=C5N=CC=CC5N4)CCC32)C1. The van der Waals surface area contributed by atoms with Crippen molar-refractivity contribution in [3.63, 3.8) is 0 Å². The number of carbonyl (C=O) groups excluding carboxylic acids is 1. The summed E-state index contributed by atoms with van der Waals surface area (Å²) in [6.45, 7) is 5.43. The number of dihydropyridines is 1. The summed E-state index contributed by atoms with van der Waals surface area (Å²) in [4.78, 5) is 18.0. The predicted molar refractivity (Wildman–Crippen MR) is 124 cm³/mol. The molecule has 4 nitrogen and oxygen atoms in total. The Morgan fingerprint density at radius 1 is 1.13 bits per heavy atom. The molecule has 0 spiro atoms. The number of hydrogen-bond acceptors (Lipinski definition) is 4. The fourth-order valence-electron chi connectivity index (χ4n) is 9.05. The molecule has 6 rings (SSSR count). The van der Waals surface area contributed by atoms with E-state index in [1.165, 1.54) is 51.4 Å². The molecule has 0 aromatic rings. The number of aliphatic imine (C=N–C) groups is 1. The van der Waals surface area contributed by atoms with Gasteiger partial charge in [0.05, 0.1) is 18.3 Å². The molecule has 0 amide bonds. The van der Waals surface area contributed by atoms with Crippen LogP contribution in [0.4, 0.5) is 0 Å². The van der Waals surface area contributed by atoms with Crippen LogP contribution >= 0.6 is 0 Å². The molecule has 4 aliphatic carbocycles. The van der Waals surface area contributed by atoms with E-state index >= 15 is 0 Å². The van der Waals surface area contributed by atoms with Crippen molar-refractivity contribution >= 4 is 12.0 Å². The van der Waals surface area contributed by atoms with Gasteiger partial charge in [0.2, 0.25) is 0 Å². The zero-order chi connectivity index (χ0) is 21.2. The number of hydrogen-bond donors (Lipinski definition) is 1. The minimum atomic E-state index is 0.133. The van der Waals surface area contributed by atoms with Crippen molar-refractivity contribution in [2.24, 2.45) is 51.8 Å². The van der Waals surface area contributed by atoms with Crippen molar-refractivity contribution in [3.05, 3.63) is 24.0 Å². The maximum absolute atomic E-state index is 13.5. The number of hydrazine groups is 1. The number of nitrogens with zero attached hydrogens (tertiary/aromatic N) is 2. The first-order chi connectivity index (χ1) is 15.0. The highest BCUT2D eigenvalue weighted by Gasteiger charge is 2.58. The van der Waals surface area contributed by atoms with Crippen molar-refractivity contribution < 1.29 is 4.79 Å².